The Bertz CT molecular complexity index is 1030. The number of hydrogen-bond donors (Lipinski definition) is 0. The Hall–Kier alpha value is -2.53. The number of rotatable bonds is 7. The van der Waals surface area contributed by atoms with Gasteiger partial charge in [-0.25, -0.2) is 13.2 Å². The fourth-order valence-electron chi connectivity index (χ4n) is 2.27. The fourth-order valence-corrected chi connectivity index (χ4v) is 4.33. The zero-order valence-corrected chi connectivity index (χ0v) is 17.1. The lowest BCUT2D eigenvalue weighted by Crippen LogP contribution is -2.31. The van der Waals surface area contributed by atoms with Crippen LogP contribution in [0.4, 0.5) is 5.69 Å². The first-order valence-corrected chi connectivity index (χ1v) is 10.2. The summed E-state index contributed by atoms with van der Waals surface area (Å²) in [6.07, 6.45) is 0.446. The maximum Gasteiger partial charge on any atom is 0.339 e. The minimum Gasteiger partial charge on any atom is -0.444 e. The van der Waals surface area contributed by atoms with Gasteiger partial charge in [-0.3, -0.25) is 4.31 Å². The van der Waals surface area contributed by atoms with Gasteiger partial charge in [-0.05, 0) is 49.4 Å². The third-order valence-electron chi connectivity index (χ3n) is 3.61. The van der Waals surface area contributed by atoms with Crippen LogP contribution in [0.25, 0.3) is 0 Å². The fraction of sp³-hybridized carbons (Fsp3) is 0.158. The van der Waals surface area contributed by atoms with Gasteiger partial charge in [0.15, 0.2) is 6.10 Å². The lowest BCUT2D eigenvalue weighted by molar-refractivity contribution is 0.0435. The normalized spacial score (nSPS) is 11.9. The van der Waals surface area contributed by atoms with Gasteiger partial charge in [-0.15, -0.1) is 6.58 Å². The number of hydrogen-bond acceptors (Lipinski definition) is 5. The van der Waals surface area contributed by atoms with E-state index in [4.69, 9.17) is 33.2 Å². The molecule has 2 aromatic rings. The van der Waals surface area contributed by atoms with E-state index >= 15 is 0 Å². The number of ether oxygens (including phenoxy) is 1. The van der Waals surface area contributed by atoms with Gasteiger partial charge in [-0.2, -0.15) is 5.26 Å². The van der Waals surface area contributed by atoms with Crippen LogP contribution < -0.4 is 4.31 Å². The second-order valence-corrected chi connectivity index (χ2v) is 8.30. The maximum atomic E-state index is 13.2. The number of sulfonamides is 1. The molecule has 1 atom stereocenters. The standard InChI is InChI=1S/C19H16Cl2N2O4S/c1-3-10-23(16-7-5-15(20)6-8-16)28(25,26)18-11-14(4-9-17(18)21)19(24)27-13(2)12-22/h3-9,11,13H,1,10H2,2H3/t13-/m1/s1. The van der Waals surface area contributed by atoms with Gasteiger partial charge in [-0.1, -0.05) is 29.3 Å². The summed E-state index contributed by atoms with van der Waals surface area (Å²) < 4.78 is 32.5. The molecule has 2 rings (SSSR count). The molecule has 0 aliphatic heterocycles. The molecule has 0 saturated carbocycles. The Morgan fingerprint density at radius 2 is 1.93 bits per heavy atom. The highest BCUT2D eigenvalue weighted by atomic mass is 35.5. The monoisotopic (exact) mass is 438 g/mol. The molecule has 0 N–H and O–H groups in total. The molecule has 2 aromatic carbocycles. The number of nitriles is 1. The van der Waals surface area contributed by atoms with Gasteiger partial charge in [0.25, 0.3) is 10.0 Å². The number of benzene rings is 2. The van der Waals surface area contributed by atoms with E-state index in [9.17, 15) is 13.2 Å². The summed E-state index contributed by atoms with van der Waals surface area (Å²) in [5.41, 5.74) is 0.311. The van der Waals surface area contributed by atoms with Crippen LogP contribution in [0.5, 0.6) is 0 Å². The summed E-state index contributed by atoms with van der Waals surface area (Å²) in [6, 6.07) is 11.7. The molecule has 6 nitrogen and oxygen atoms in total. The molecule has 0 fully saturated rings. The number of carbonyl (C=O) groups is 1. The molecule has 0 aliphatic rings. The van der Waals surface area contributed by atoms with Gasteiger partial charge in [0.1, 0.15) is 11.0 Å². The zero-order chi connectivity index (χ0) is 20.9. The quantitative estimate of drug-likeness (QED) is 0.470. The van der Waals surface area contributed by atoms with Gasteiger partial charge in [0, 0.05) is 5.02 Å². The van der Waals surface area contributed by atoms with Crippen molar-refractivity contribution in [2.45, 2.75) is 17.9 Å². The smallest absolute Gasteiger partial charge is 0.339 e. The molecular formula is C19H16Cl2N2O4S. The average Bonchev–Trinajstić information content (AvgIpc) is 2.66. The molecule has 0 spiro atoms. The highest BCUT2D eigenvalue weighted by Crippen LogP contribution is 2.30. The number of carbonyl (C=O) groups excluding carboxylic acids is 1. The lowest BCUT2D eigenvalue weighted by Gasteiger charge is -2.24. The van der Waals surface area contributed by atoms with E-state index in [1.165, 1.54) is 25.1 Å². The van der Waals surface area contributed by atoms with E-state index < -0.39 is 22.1 Å². The number of anilines is 1. The minimum absolute atomic E-state index is 0.0273. The Balaban J connectivity index is 2.51. The first-order chi connectivity index (χ1) is 13.2. The van der Waals surface area contributed by atoms with Crippen LogP contribution in [0.15, 0.2) is 60.0 Å². The van der Waals surface area contributed by atoms with Gasteiger partial charge < -0.3 is 4.74 Å². The predicted octanol–water partition coefficient (Wildman–Crippen LogP) is 4.44. The molecule has 28 heavy (non-hydrogen) atoms. The summed E-state index contributed by atoms with van der Waals surface area (Å²) >= 11 is 12.0. The van der Waals surface area contributed by atoms with Crippen molar-refractivity contribution in [3.8, 4) is 6.07 Å². The van der Waals surface area contributed by atoms with Gasteiger partial charge in [0.2, 0.25) is 0 Å². The second-order valence-electron chi connectivity index (χ2n) is 5.62. The third-order valence-corrected chi connectivity index (χ3v) is 6.14. The minimum atomic E-state index is -4.14. The van der Waals surface area contributed by atoms with E-state index in [1.807, 2.05) is 0 Å². The molecule has 0 saturated heterocycles. The molecule has 0 unspecified atom stereocenters. The highest BCUT2D eigenvalue weighted by molar-refractivity contribution is 7.93. The average molecular weight is 439 g/mol. The number of halogens is 2. The molecule has 0 amide bonds. The first-order valence-electron chi connectivity index (χ1n) is 8.00. The summed E-state index contributed by atoms with van der Waals surface area (Å²) in [7, 11) is -4.14. The van der Waals surface area contributed by atoms with Crippen LogP contribution >= 0.6 is 23.2 Å². The Labute approximate surface area is 173 Å². The molecule has 9 heteroatoms. The molecule has 0 heterocycles. The molecule has 146 valence electrons. The van der Waals surface area contributed by atoms with Crippen molar-refractivity contribution in [3.63, 3.8) is 0 Å². The van der Waals surface area contributed by atoms with E-state index in [2.05, 4.69) is 6.58 Å². The van der Waals surface area contributed by atoms with Crippen LogP contribution in [0.2, 0.25) is 10.0 Å². The van der Waals surface area contributed by atoms with Crippen molar-refractivity contribution in [2.75, 3.05) is 10.8 Å². The van der Waals surface area contributed by atoms with Crippen LogP contribution in [-0.4, -0.2) is 27.0 Å². The maximum absolute atomic E-state index is 13.2. The van der Waals surface area contributed by atoms with Crippen LogP contribution in [0.3, 0.4) is 0 Å². The Kier molecular flexibility index (Phi) is 7.08. The Morgan fingerprint density at radius 1 is 1.29 bits per heavy atom. The van der Waals surface area contributed by atoms with Crippen molar-refractivity contribution in [1.29, 1.82) is 5.26 Å². The second kappa shape index (κ2) is 9.11. The predicted molar refractivity (Wildman–Crippen MR) is 108 cm³/mol. The largest absolute Gasteiger partial charge is 0.444 e. The molecule has 0 radical (unpaired) electrons. The van der Waals surface area contributed by atoms with Crippen LogP contribution in [0, 0.1) is 11.3 Å². The van der Waals surface area contributed by atoms with Crippen LogP contribution in [0.1, 0.15) is 17.3 Å². The highest BCUT2D eigenvalue weighted by Gasteiger charge is 2.28. The summed E-state index contributed by atoms with van der Waals surface area (Å²) in [4.78, 5) is 11.9. The lowest BCUT2D eigenvalue weighted by atomic mass is 10.2. The van der Waals surface area contributed by atoms with Crippen molar-refractivity contribution >= 4 is 44.9 Å². The van der Waals surface area contributed by atoms with Gasteiger partial charge >= 0.3 is 5.97 Å². The van der Waals surface area contributed by atoms with Crippen molar-refractivity contribution in [3.05, 3.63) is 70.7 Å². The number of nitrogens with zero attached hydrogens (tertiary/aromatic N) is 2. The van der Waals surface area contributed by atoms with E-state index in [0.717, 1.165) is 10.4 Å². The summed E-state index contributed by atoms with van der Waals surface area (Å²) in [5, 5.41) is 9.16. The van der Waals surface area contributed by atoms with Crippen molar-refractivity contribution in [1.82, 2.24) is 0 Å². The van der Waals surface area contributed by atoms with E-state index in [-0.39, 0.29) is 22.0 Å². The van der Waals surface area contributed by atoms with Crippen molar-refractivity contribution in [2.24, 2.45) is 0 Å². The first kappa shape index (κ1) is 21.8. The molecular weight excluding hydrogens is 423 g/mol. The number of esters is 1. The van der Waals surface area contributed by atoms with E-state index in [1.54, 1.807) is 30.3 Å². The zero-order valence-electron chi connectivity index (χ0n) is 14.8. The van der Waals surface area contributed by atoms with Crippen molar-refractivity contribution < 1.29 is 17.9 Å². The topological polar surface area (TPSA) is 87.5 Å². The summed E-state index contributed by atoms with van der Waals surface area (Å²) in [6.45, 7) is 4.96. The molecule has 0 aromatic heterocycles. The van der Waals surface area contributed by atoms with Gasteiger partial charge in [0.05, 0.1) is 22.8 Å². The van der Waals surface area contributed by atoms with E-state index in [0.29, 0.717) is 10.7 Å². The molecule has 0 aliphatic carbocycles. The molecule has 0 bridgehead atoms. The summed E-state index contributed by atoms with van der Waals surface area (Å²) in [5.74, 6) is -0.830. The third kappa shape index (κ3) is 4.84. The Morgan fingerprint density at radius 3 is 2.50 bits per heavy atom. The van der Waals surface area contributed by atoms with Crippen LogP contribution in [-0.2, 0) is 14.8 Å². The SMILES string of the molecule is C=CCN(c1ccc(Cl)cc1)S(=O)(=O)c1cc(C(=O)O[C@H](C)C#N)ccc1Cl.